The second-order valence-corrected chi connectivity index (χ2v) is 9.21. The fourth-order valence-electron chi connectivity index (χ4n) is 3.34. The van der Waals surface area contributed by atoms with Gasteiger partial charge in [0.15, 0.2) is 0 Å². The first-order valence-corrected chi connectivity index (χ1v) is 11.4. The molecule has 0 spiro atoms. The van der Waals surface area contributed by atoms with Crippen molar-refractivity contribution in [3.05, 3.63) is 63.7 Å². The predicted octanol–water partition coefficient (Wildman–Crippen LogP) is 1.93. The third-order valence-corrected chi connectivity index (χ3v) is 6.37. The molecule has 0 radical (unpaired) electrons. The van der Waals surface area contributed by atoms with Gasteiger partial charge in [0.2, 0.25) is 10.0 Å². The van der Waals surface area contributed by atoms with Gasteiger partial charge in [-0.1, -0.05) is 12.1 Å². The van der Waals surface area contributed by atoms with Crippen LogP contribution >= 0.6 is 0 Å². The number of nitro benzene ring substituents is 1. The molecule has 1 N–H and O–H groups in total. The zero-order valence-electron chi connectivity index (χ0n) is 17.3. The van der Waals surface area contributed by atoms with E-state index in [-0.39, 0.29) is 11.4 Å². The van der Waals surface area contributed by atoms with Crippen molar-refractivity contribution in [1.82, 2.24) is 9.21 Å². The fraction of sp³-hybridized carbons (Fsp3) is 0.350. The minimum atomic E-state index is -3.16. The SMILES string of the molecule is COc1ccc([N+](=O)[O-])cc1NC(=O)c1ccc(CN2CCN(S(C)(=O)=O)CC2)cc1. The minimum Gasteiger partial charge on any atom is -0.495 e. The second kappa shape index (κ2) is 9.41. The monoisotopic (exact) mass is 448 g/mol. The second-order valence-electron chi connectivity index (χ2n) is 7.23. The van der Waals surface area contributed by atoms with Gasteiger partial charge in [-0.25, -0.2) is 8.42 Å². The summed E-state index contributed by atoms with van der Waals surface area (Å²) in [6.07, 6.45) is 1.22. The molecular weight excluding hydrogens is 424 g/mol. The first kappa shape index (κ1) is 22.7. The molecule has 1 amide bonds. The average molecular weight is 449 g/mol. The lowest BCUT2D eigenvalue weighted by atomic mass is 10.1. The number of nitrogens with zero attached hydrogens (tertiary/aromatic N) is 3. The van der Waals surface area contributed by atoms with Crippen LogP contribution in [0.5, 0.6) is 5.75 Å². The maximum absolute atomic E-state index is 12.6. The van der Waals surface area contributed by atoms with Gasteiger partial charge in [0.1, 0.15) is 5.75 Å². The quantitative estimate of drug-likeness (QED) is 0.507. The summed E-state index contributed by atoms with van der Waals surface area (Å²) in [5, 5.41) is 13.6. The van der Waals surface area contributed by atoms with E-state index in [1.165, 1.54) is 35.9 Å². The van der Waals surface area contributed by atoms with Crippen molar-refractivity contribution in [2.45, 2.75) is 6.54 Å². The number of non-ortho nitro benzene ring substituents is 1. The highest BCUT2D eigenvalue weighted by Gasteiger charge is 2.23. The average Bonchev–Trinajstić information content (AvgIpc) is 2.74. The Morgan fingerprint density at radius 2 is 1.77 bits per heavy atom. The van der Waals surface area contributed by atoms with Crippen molar-refractivity contribution < 1.29 is 22.9 Å². The van der Waals surface area contributed by atoms with Crippen LogP contribution in [-0.4, -0.2) is 68.0 Å². The van der Waals surface area contributed by atoms with Crippen LogP contribution in [0, 0.1) is 10.1 Å². The predicted molar refractivity (Wildman–Crippen MR) is 116 cm³/mol. The molecule has 10 nitrogen and oxygen atoms in total. The number of amides is 1. The van der Waals surface area contributed by atoms with E-state index in [1.807, 2.05) is 12.1 Å². The van der Waals surface area contributed by atoms with Crippen LogP contribution in [0.2, 0.25) is 0 Å². The molecule has 0 saturated carbocycles. The van der Waals surface area contributed by atoms with Gasteiger partial charge in [-0.05, 0) is 23.8 Å². The van der Waals surface area contributed by atoms with Crippen LogP contribution < -0.4 is 10.1 Å². The molecule has 31 heavy (non-hydrogen) atoms. The van der Waals surface area contributed by atoms with Crippen molar-refractivity contribution in [2.24, 2.45) is 0 Å². The Bertz CT molecular complexity index is 1060. The normalized spacial score (nSPS) is 15.4. The molecule has 2 aromatic rings. The van der Waals surface area contributed by atoms with Crippen molar-refractivity contribution in [1.29, 1.82) is 0 Å². The molecule has 3 rings (SSSR count). The first-order chi connectivity index (χ1) is 14.7. The molecule has 1 fully saturated rings. The number of piperazine rings is 1. The van der Waals surface area contributed by atoms with Crippen LogP contribution in [0.3, 0.4) is 0 Å². The number of rotatable bonds is 7. The van der Waals surface area contributed by atoms with Crippen LogP contribution in [0.1, 0.15) is 15.9 Å². The summed E-state index contributed by atoms with van der Waals surface area (Å²) in [5.41, 5.74) is 1.47. The molecule has 166 valence electrons. The number of hydrogen-bond acceptors (Lipinski definition) is 7. The Kier molecular flexibility index (Phi) is 6.88. The molecule has 1 heterocycles. The molecule has 0 unspecified atom stereocenters. The smallest absolute Gasteiger partial charge is 0.271 e. The number of methoxy groups -OCH3 is 1. The number of benzene rings is 2. The maximum atomic E-state index is 12.6. The largest absolute Gasteiger partial charge is 0.495 e. The third kappa shape index (κ3) is 5.78. The standard InChI is InChI=1S/C20H24N4O6S/c1-30-19-8-7-17(24(26)27)13-18(19)21-20(25)16-5-3-15(4-6-16)14-22-9-11-23(12-10-22)31(2,28)29/h3-8,13H,9-12,14H2,1-2H3,(H,21,25). The van der Waals surface area contributed by atoms with Crippen molar-refractivity contribution in [3.8, 4) is 5.75 Å². The van der Waals surface area contributed by atoms with Crippen molar-refractivity contribution >= 4 is 27.3 Å². The molecular formula is C20H24N4O6S. The molecule has 11 heteroatoms. The number of anilines is 1. The van der Waals surface area contributed by atoms with E-state index in [0.717, 1.165) is 5.56 Å². The number of carbonyl (C=O) groups excluding carboxylic acids is 1. The molecule has 1 saturated heterocycles. The summed E-state index contributed by atoms with van der Waals surface area (Å²) >= 11 is 0. The molecule has 0 aromatic heterocycles. The first-order valence-electron chi connectivity index (χ1n) is 9.57. The van der Waals surface area contributed by atoms with E-state index in [2.05, 4.69) is 10.2 Å². The van der Waals surface area contributed by atoms with Gasteiger partial charge < -0.3 is 10.1 Å². The molecule has 1 aliphatic rings. The number of ether oxygens (including phenoxy) is 1. The van der Waals surface area contributed by atoms with Crippen LogP contribution in [0.25, 0.3) is 0 Å². The molecule has 0 aliphatic carbocycles. The summed E-state index contributed by atoms with van der Waals surface area (Å²) in [4.78, 5) is 25.2. The van der Waals surface area contributed by atoms with Crippen LogP contribution in [-0.2, 0) is 16.6 Å². The maximum Gasteiger partial charge on any atom is 0.271 e. The van der Waals surface area contributed by atoms with E-state index in [9.17, 15) is 23.3 Å². The molecule has 0 bridgehead atoms. The zero-order valence-corrected chi connectivity index (χ0v) is 18.1. The van der Waals surface area contributed by atoms with Crippen molar-refractivity contribution in [2.75, 3.05) is 44.9 Å². The lowest BCUT2D eigenvalue weighted by Crippen LogP contribution is -2.47. The van der Waals surface area contributed by atoms with Gasteiger partial charge in [0.25, 0.3) is 11.6 Å². The summed E-state index contributed by atoms with van der Waals surface area (Å²) in [5.74, 6) is -0.0871. The summed E-state index contributed by atoms with van der Waals surface area (Å²) in [7, 11) is -1.74. The molecule has 0 atom stereocenters. The van der Waals surface area contributed by atoms with E-state index in [0.29, 0.717) is 44.0 Å². The molecule has 1 aliphatic heterocycles. The Hall–Kier alpha value is -3.02. The number of hydrogen-bond donors (Lipinski definition) is 1. The Morgan fingerprint density at radius 3 is 2.32 bits per heavy atom. The lowest BCUT2D eigenvalue weighted by molar-refractivity contribution is -0.384. The van der Waals surface area contributed by atoms with Crippen LogP contribution in [0.4, 0.5) is 11.4 Å². The highest BCUT2D eigenvalue weighted by molar-refractivity contribution is 7.88. The Labute approximate surface area is 180 Å². The van der Waals surface area contributed by atoms with Gasteiger partial charge in [0, 0.05) is 50.4 Å². The summed E-state index contributed by atoms with van der Waals surface area (Å²) < 4.78 is 29.8. The summed E-state index contributed by atoms with van der Waals surface area (Å²) in [6, 6.07) is 11.0. The zero-order chi connectivity index (χ0) is 22.6. The topological polar surface area (TPSA) is 122 Å². The third-order valence-electron chi connectivity index (χ3n) is 5.06. The Morgan fingerprint density at radius 1 is 1.13 bits per heavy atom. The van der Waals surface area contributed by atoms with Gasteiger partial charge in [-0.3, -0.25) is 19.8 Å². The minimum absolute atomic E-state index is 0.151. The molecule has 2 aromatic carbocycles. The van der Waals surface area contributed by atoms with Crippen molar-refractivity contribution in [3.63, 3.8) is 0 Å². The Balaban J connectivity index is 1.62. The fourth-order valence-corrected chi connectivity index (χ4v) is 4.17. The van der Waals surface area contributed by atoms with Gasteiger partial charge in [-0.15, -0.1) is 0 Å². The number of carbonyl (C=O) groups is 1. The number of nitrogens with one attached hydrogen (secondary N) is 1. The number of nitro groups is 1. The highest BCUT2D eigenvalue weighted by atomic mass is 32.2. The van der Waals surface area contributed by atoms with E-state index >= 15 is 0 Å². The summed E-state index contributed by atoms with van der Waals surface area (Å²) in [6.45, 7) is 2.86. The van der Waals surface area contributed by atoms with Gasteiger partial charge in [0.05, 0.1) is 24.0 Å². The number of sulfonamides is 1. The van der Waals surface area contributed by atoms with E-state index < -0.39 is 20.9 Å². The van der Waals surface area contributed by atoms with Gasteiger partial charge in [-0.2, -0.15) is 4.31 Å². The van der Waals surface area contributed by atoms with Gasteiger partial charge >= 0.3 is 0 Å². The lowest BCUT2D eigenvalue weighted by Gasteiger charge is -2.33. The van der Waals surface area contributed by atoms with E-state index in [1.54, 1.807) is 12.1 Å². The van der Waals surface area contributed by atoms with Crippen LogP contribution in [0.15, 0.2) is 42.5 Å². The highest BCUT2D eigenvalue weighted by Crippen LogP contribution is 2.29. The van der Waals surface area contributed by atoms with E-state index in [4.69, 9.17) is 4.74 Å².